The number of fused-ring (bicyclic) bond motifs is 1. The summed E-state index contributed by atoms with van der Waals surface area (Å²) in [6.45, 7) is 0.756. The SMILES string of the molecule is C1=CC23C=CC4=CC(c5ccccc5)(c5ccccc5)C=CC4=C2OCCC3=C1. The van der Waals surface area contributed by atoms with E-state index < -0.39 is 0 Å². The van der Waals surface area contributed by atoms with Crippen molar-refractivity contribution in [2.75, 3.05) is 6.61 Å². The lowest BCUT2D eigenvalue weighted by Crippen LogP contribution is -2.32. The van der Waals surface area contributed by atoms with Crippen LogP contribution in [0.3, 0.4) is 0 Å². The van der Waals surface area contributed by atoms with Crippen LogP contribution in [-0.4, -0.2) is 6.61 Å². The molecule has 1 unspecified atom stereocenters. The lowest BCUT2D eigenvalue weighted by atomic mass is 9.66. The summed E-state index contributed by atoms with van der Waals surface area (Å²) in [5.41, 5.74) is 5.99. The van der Waals surface area contributed by atoms with Crippen LogP contribution in [0, 0.1) is 5.41 Å². The molecule has 2 aromatic carbocycles. The minimum absolute atomic E-state index is 0.172. The highest BCUT2D eigenvalue weighted by Gasteiger charge is 2.45. The van der Waals surface area contributed by atoms with Gasteiger partial charge in [0.1, 0.15) is 5.76 Å². The molecule has 1 fully saturated rings. The van der Waals surface area contributed by atoms with Crippen LogP contribution in [0.1, 0.15) is 17.5 Å². The number of hydrogen-bond donors (Lipinski definition) is 0. The molecule has 1 aliphatic heterocycles. The van der Waals surface area contributed by atoms with Gasteiger partial charge in [0.15, 0.2) is 0 Å². The molecule has 3 aliphatic carbocycles. The molecular weight excluding hydrogens is 352 g/mol. The Labute approximate surface area is 171 Å². The zero-order valence-corrected chi connectivity index (χ0v) is 16.2. The second-order valence-corrected chi connectivity index (χ2v) is 8.13. The van der Waals surface area contributed by atoms with Gasteiger partial charge in [-0.2, -0.15) is 0 Å². The van der Waals surface area contributed by atoms with Crippen molar-refractivity contribution in [3.05, 3.63) is 143 Å². The van der Waals surface area contributed by atoms with Crippen molar-refractivity contribution in [3.8, 4) is 0 Å². The van der Waals surface area contributed by atoms with E-state index in [1.807, 2.05) is 0 Å². The second-order valence-electron chi connectivity index (χ2n) is 8.13. The number of allylic oxidation sites excluding steroid dienone is 9. The summed E-state index contributed by atoms with van der Waals surface area (Å²) in [6, 6.07) is 21.5. The first-order valence-corrected chi connectivity index (χ1v) is 10.3. The zero-order chi connectivity index (χ0) is 19.3. The molecule has 4 aliphatic rings. The van der Waals surface area contributed by atoms with Gasteiger partial charge in [-0.25, -0.2) is 0 Å². The molecule has 0 bridgehead atoms. The van der Waals surface area contributed by atoms with Crippen LogP contribution in [0.2, 0.25) is 0 Å². The molecule has 0 aromatic heterocycles. The van der Waals surface area contributed by atoms with Gasteiger partial charge in [-0.05, 0) is 22.3 Å². The maximum atomic E-state index is 6.28. The van der Waals surface area contributed by atoms with Crippen LogP contribution in [0.25, 0.3) is 0 Å². The predicted molar refractivity (Wildman–Crippen MR) is 117 cm³/mol. The van der Waals surface area contributed by atoms with E-state index in [0.29, 0.717) is 0 Å². The van der Waals surface area contributed by atoms with Gasteiger partial charge in [0, 0.05) is 12.0 Å². The van der Waals surface area contributed by atoms with Crippen LogP contribution >= 0.6 is 0 Å². The van der Waals surface area contributed by atoms with Crippen LogP contribution in [0.5, 0.6) is 0 Å². The summed E-state index contributed by atoms with van der Waals surface area (Å²) in [5.74, 6) is 1.09. The van der Waals surface area contributed by atoms with Crippen LogP contribution in [0.4, 0.5) is 0 Å². The maximum Gasteiger partial charge on any atom is 0.122 e. The molecule has 1 spiro atoms. The first-order chi connectivity index (χ1) is 14.3. The largest absolute Gasteiger partial charge is 0.495 e. The van der Waals surface area contributed by atoms with Crippen molar-refractivity contribution in [1.29, 1.82) is 0 Å². The molecule has 0 radical (unpaired) electrons. The summed E-state index contributed by atoms with van der Waals surface area (Å²) in [7, 11) is 0. The fourth-order valence-electron chi connectivity index (χ4n) is 5.20. The molecule has 1 nitrogen and oxygen atoms in total. The van der Waals surface area contributed by atoms with E-state index in [-0.39, 0.29) is 10.8 Å². The smallest absolute Gasteiger partial charge is 0.122 e. The van der Waals surface area contributed by atoms with E-state index in [2.05, 4.69) is 109 Å². The van der Waals surface area contributed by atoms with E-state index in [0.717, 1.165) is 18.8 Å². The molecule has 6 rings (SSSR count). The Morgan fingerprint density at radius 1 is 0.724 bits per heavy atom. The van der Waals surface area contributed by atoms with Crippen molar-refractivity contribution >= 4 is 0 Å². The lowest BCUT2D eigenvalue weighted by molar-refractivity contribution is 0.147. The van der Waals surface area contributed by atoms with Crippen molar-refractivity contribution in [2.24, 2.45) is 5.41 Å². The third-order valence-electron chi connectivity index (χ3n) is 6.66. The monoisotopic (exact) mass is 374 g/mol. The summed E-state index contributed by atoms with van der Waals surface area (Å²) in [6.07, 6.45) is 19.4. The zero-order valence-electron chi connectivity index (χ0n) is 16.2. The molecular formula is C28H22O. The van der Waals surface area contributed by atoms with E-state index in [1.165, 1.54) is 27.8 Å². The first kappa shape index (κ1) is 16.6. The molecule has 1 saturated heterocycles. The highest BCUT2D eigenvalue weighted by Crippen LogP contribution is 2.54. The Bertz CT molecular complexity index is 1120. The summed E-state index contributed by atoms with van der Waals surface area (Å²) in [5, 5.41) is 0. The standard InChI is InChI=1S/C28H22O/c1-3-8-22(9-4-1)28(23-10-5-2-6-11-23)18-14-25-21(20-28)13-17-27-16-7-12-24(27)15-19-29-26(25)27/h1-14,16-18,20H,15,19H2. The highest BCUT2D eigenvalue weighted by atomic mass is 16.5. The van der Waals surface area contributed by atoms with Gasteiger partial charge in [-0.3, -0.25) is 0 Å². The minimum atomic E-state index is -0.282. The summed E-state index contributed by atoms with van der Waals surface area (Å²) in [4.78, 5) is 0. The third-order valence-corrected chi connectivity index (χ3v) is 6.66. The summed E-state index contributed by atoms with van der Waals surface area (Å²) >= 11 is 0. The topological polar surface area (TPSA) is 9.23 Å². The fourth-order valence-corrected chi connectivity index (χ4v) is 5.20. The predicted octanol–water partition coefficient (Wildman–Crippen LogP) is 6.20. The first-order valence-electron chi connectivity index (χ1n) is 10.3. The van der Waals surface area contributed by atoms with Crippen molar-refractivity contribution in [2.45, 2.75) is 11.8 Å². The average Bonchev–Trinajstić information content (AvgIpc) is 3.23. The van der Waals surface area contributed by atoms with Crippen molar-refractivity contribution in [1.82, 2.24) is 0 Å². The number of benzene rings is 2. The Hall–Kier alpha value is -3.32. The van der Waals surface area contributed by atoms with Gasteiger partial charge in [0.05, 0.1) is 17.4 Å². The van der Waals surface area contributed by atoms with Crippen molar-refractivity contribution in [3.63, 3.8) is 0 Å². The van der Waals surface area contributed by atoms with Gasteiger partial charge in [-0.1, -0.05) is 109 Å². The van der Waals surface area contributed by atoms with Gasteiger partial charge in [-0.15, -0.1) is 0 Å². The molecule has 2 aromatic rings. The number of rotatable bonds is 2. The minimum Gasteiger partial charge on any atom is -0.495 e. The average molecular weight is 374 g/mol. The Morgan fingerprint density at radius 3 is 2.14 bits per heavy atom. The molecule has 140 valence electrons. The summed E-state index contributed by atoms with van der Waals surface area (Å²) < 4.78 is 6.28. The normalized spacial score (nSPS) is 25.5. The molecule has 0 amide bonds. The van der Waals surface area contributed by atoms with Gasteiger partial charge in [0.25, 0.3) is 0 Å². The van der Waals surface area contributed by atoms with Crippen LogP contribution < -0.4 is 0 Å². The van der Waals surface area contributed by atoms with E-state index in [4.69, 9.17) is 4.74 Å². The van der Waals surface area contributed by atoms with Crippen LogP contribution in [0.15, 0.2) is 132 Å². The number of hydrogen-bond acceptors (Lipinski definition) is 1. The van der Waals surface area contributed by atoms with Gasteiger partial charge >= 0.3 is 0 Å². The fraction of sp³-hybridized carbons (Fsp3) is 0.143. The van der Waals surface area contributed by atoms with Crippen molar-refractivity contribution < 1.29 is 4.74 Å². The second kappa shape index (κ2) is 6.09. The highest BCUT2D eigenvalue weighted by molar-refractivity contribution is 5.67. The van der Waals surface area contributed by atoms with E-state index >= 15 is 0 Å². The van der Waals surface area contributed by atoms with E-state index in [1.54, 1.807) is 0 Å². The molecule has 1 heteroatoms. The molecule has 1 heterocycles. The van der Waals surface area contributed by atoms with E-state index in [9.17, 15) is 0 Å². The number of ether oxygens (including phenoxy) is 1. The molecule has 1 atom stereocenters. The Morgan fingerprint density at radius 2 is 1.41 bits per heavy atom. The van der Waals surface area contributed by atoms with Gasteiger partial charge in [0.2, 0.25) is 0 Å². The maximum absolute atomic E-state index is 6.28. The van der Waals surface area contributed by atoms with Crippen LogP contribution in [-0.2, 0) is 10.2 Å². The Balaban J connectivity index is 1.56. The van der Waals surface area contributed by atoms with Gasteiger partial charge < -0.3 is 4.74 Å². The third kappa shape index (κ3) is 2.28. The Kier molecular flexibility index (Phi) is 3.49. The molecule has 0 saturated carbocycles. The quantitative estimate of drug-likeness (QED) is 0.608. The lowest BCUT2D eigenvalue weighted by Gasteiger charge is -2.41. The molecule has 0 N–H and O–H groups in total. The molecule has 29 heavy (non-hydrogen) atoms.